The van der Waals surface area contributed by atoms with Crippen LogP contribution in [0.25, 0.3) is 0 Å². The molecule has 1 saturated carbocycles. The molecule has 0 atom stereocenters. The molecule has 0 aliphatic heterocycles. The van der Waals surface area contributed by atoms with Crippen molar-refractivity contribution in [2.45, 2.75) is 52.2 Å². The summed E-state index contributed by atoms with van der Waals surface area (Å²) >= 11 is 1.41. The SMILES string of the molecule is Cc1ccc(NC(=O)OC(C)(C)C)c(C(=O)N(c2nccs2)C2CC2)n1. The first-order chi connectivity index (χ1) is 12.2. The molecule has 0 spiro atoms. The molecule has 0 unspecified atom stereocenters. The average molecular weight is 374 g/mol. The van der Waals surface area contributed by atoms with Crippen molar-refractivity contribution in [3.8, 4) is 0 Å². The fourth-order valence-corrected chi connectivity index (χ4v) is 3.14. The Labute approximate surface area is 156 Å². The maximum atomic E-state index is 13.2. The van der Waals surface area contributed by atoms with Gasteiger partial charge < -0.3 is 4.74 Å². The summed E-state index contributed by atoms with van der Waals surface area (Å²) in [5, 5.41) is 5.12. The summed E-state index contributed by atoms with van der Waals surface area (Å²) in [6, 6.07) is 3.55. The highest BCUT2D eigenvalue weighted by molar-refractivity contribution is 7.13. The van der Waals surface area contributed by atoms with Crippen LogP contribution in [0.15, 0.2) is 23.7 Å². The Bertz CT molecular complexity index is 810. The van der Waals surface area contributed by atoms with Gasteiger partial charge in [0.1, 0.15) is 5.60 Å². The minimum Gasteiger partial charge on any atom is -0.444 e. The Morgan fingerprint density at radius 3 is 2.62 bits per heavy atom. The zero-order chi connectivity index (χ0) is 18.9. The third-order valence-electron chi connectivity index (χ3n) is 3.63. The number of aryl methyl sites for hydroxylation is 1. The minimum atomic E-state index is -0.632. The predicted octanol–water partition coefficient (Wildman–Crippen LogP) is 4.00. The van der Waals surface area contributed by atoms with Crippen molar-refractivity contribution in [3.05, 3.63) is 35.1 Å². The Morgan fingerprint density at radius 1 is 1.31 bits per heavy atom. The van der Waals surface area contributed by atoms with Crippen molar-refractivity contribution in [3.63, 3.8) is 0 Å². The van der Waals surface area contributed by atoms with Crippen LogP contribution in [-0.4, -0.2) is 33.6 Å². The number of nitrogens with zero attached hydrogens (tertiary/aromatic N) is 3. The lowest BCUT2D eigenvalue weighted by molar-refractivity contribution is 0.0636. The fraction of sp³-hybridized carbons (Fsp3) is 0.444. The number of anilines is 2. The van der Waals surface area contributed by atoms with Crippen LogP contribution >= 0.6 is 11.3 Å². The van der Waals surface area contributed by atoms with E-state index in [0.29, 0.717) is 16.5 Å². The molecule has 0 aromatic carbocycles. The quantitative estimate of drug-likeness (QED) is 0.874. The number of ether oxygens (including phenoxy) is 1. The average Bonchev–Trinajstić information content (AvgIpc) is 3.21. The van der Waals surface area contributed by atoms with E-state index in [1.165, 1.54) is 11.3 Å². The number of aromatic nitrogens is 2. The van der Waals surface area contributed by atoms with E-state index in [1.54, 1.807) is 50.9 Å². The summed E-state index contributed by atoms with van der Waals surface area (Å²) in [6.45, 7) is 7.15. The van der Waals surface area contributed by atoms with Gasteiger partial charge in [0.05, 0.1) is 5.69 Å². The second kappa shape index (κ2) is 7.03. The minimum absolute atomic E-state index is 0.130. The Hall–Kier alpha value is -2.48. The molecule has 2 aromatic rings. The highest BCUT2D eigenvalue weighted by Gasteiger charge is 2.37. The van der Waals surface area contributed by atoms with Crippen molar-refractivity contribution in [2.75, 3.05) is 10.2 Å². The van der Waals surface area contributed by atoms with Gasteiger partial charge in [-0.05, 0) is 52.7 Å². The van der Waals surface area contributed by atoms with Gasteiger partial charge in [0.15, 0.2) is 10.8 Å². The Balaban J connectivity index is 1.89. The lowest BCUT2D eigenvalue weighted by Gasteiger charge is -2.22. The molecule has 0 radical (unpaired) electrons. The number of amides is 2. The largest absolute Gasteiger partial charge is 0.444 e. The number of hydrogen-bond acceptors (Lipinski definition) is 6. The van der Waals surface area contributed by atoms with Gasteiger partial charge in [-0.3, -0.25) is 15.0 Å². The van der Waals surface area contributed by atoms with Crippen LogP contribution in [0, 0.1) is 6.92 Å². The zero-order valence-corrected chi connectivity index (χ0v) is 16.1. The predicted molar refractivity (Wildman–Crippen MR) is 101 cm³/mol. The molecule has 1 aliphatic rings. The van der Waals surface area contributed by atoms with E-state index in [0.717, 1.165) is 12.8 Å². The Morgan fingerprint density at radius 2 is 2.04 bits per heavy atom. The summed E-state index contributed by atoms with van der Waals surface area (Å²) < 4.78 is 5.29. The van der Waals surface area contributed by atoms with Gasteiger partial charge in [0.25, 0.3) is 5.91 Å². The molecule has 2 amide bonds. The number of carbonyl (C=O) groups is 2. The standard InChI is InChI=1S/C18H22N4O3S/c1-11-5-8-13(21-17(24)25-18(2,3)4)14(20-11)15(23)22(12-6-7-12)16-19-9-10-26-16/h5,8-10,12H,6-7H2,1-4H3,(H,21,24). The van der Waals surface area contributed by atoms with Crippen LogP contribution in [-0.2, 0) is 4.74 Å². The monoisotopic (exact) mass is 374 g/mol. The summed E-state index contributed by atoms with van der Waals surface area (Å²) in [4.78, 5) is 35.7. The summed E-state index contributed by atoms with van der Waals surface area (Å²) in [5.74, 6) is -0.266. The highest BCUT2D eigenvalue weighted by atomic mass is 32.1. The molecule has 1 N–H and O–H groups in total. The normalized spacial score (nSPS) is 14.0. The first-order valence-corrected chi connectivity index (χ1v) is 9.33. The maximum Gasteiger partial charge on any atom is 0.412 e. The van der Waals surface area contributed by atoms with E-state index in [9.17, 15) is 9.59 Å². The van der Waals surface area contributed by atoms with Crippen LogP contribution in [0.4, 0.5) is 15.6 Å². The van der Waals surface area contributed by atoms with Crippen LogP contribution < -0.4 is 10.2 Å². The van der Waals surface area contributed by atoms with E-state index in [1.807, 2.05) is 5.38 Å². The van der Waals surface area contributed by atoms with Gasteiger partial charge >= 0.3 is 6.09 Å². The number of hydrogen-bond donors (Lipinski definition) is 1. The van der Waals surface area contributed by atoms with E-state index in [2.05, 4.69) is 15.3 Å². The first kappa shape index (κ1) is 18.3. The molecule has 1 aliphatic carbocycles. The van der Waals surface area contributed by atoms with Crippen LogP contribution in [0.2, 0.25) is 0 Å². The zero-order valence-electron chi connectivity index (χ0n) is 15.3. The third-order valence-corrected chi connectivity index (χ3v) is 4.40. The molecule has 0 bridgehead atoms. The lowest BCUT2D eigenvalue weighted by atomic mass is 10.2. The molecule has 2 heterocycles. The van der Waals surface area contributed by atoms with E-state index >= 15 is 0 Å². The van der Waals surface area contributed by atoms with Gasteiger partial charge in [0, 0.05) is 23.3 Å². The van der Waals surface area contributed by atoms with Crippen LogP contribution in [0.1, 0.15) is 49.8 Å². The van der Waals surface area contributed by atoms with Crippen molar-refractivity contribution < 1.29 is 14.3 Å². The number of carbonyl (C=O) groups excluding carboxylic acids is 2. The second-order valence-electron chi connectivity index (χ2n) is 7.20. The molecule has 26 heavy (non-hydrogen) atoms. The molecule has 1 fully saturated rings. The molecule has 8 heteroatoms. The summed E-state index contributed by atoms with van der Waals surface area (Å²) in [6.07, 6.45) is 2.92. The van der Waals surface area contributed by atoms with Gasteiger partial charge in [-0.1, -0.05) is 0 Å². The van der Waals surface area contributed by atoms with E-state index in [-0.39, 0.29) is 17.6 Å². The van der Waals surface area contributed by atoms with Crippen LogP contribution in [0.3, 0.4) is 0 Å². The molecule has 0 saturated heterocycles. The van der Waals surface area contributed by atoms with Gasteiger partial charge in [0.2, 0.25) is 0 Å². The molecule has 3 rings (SSSR count). The van der Waals surface area contributed by atoms with E-state index in [4.69, 9.17) is 4.74 Å². The third kappa shape index (κ3) is 4.37. The molecular weight excluding hydrogens is 352 g/mol. The van der Waals surface area contributed by atoms with Gasteiger partial charge in [-0.15, -0.1) is 11.3 Å². The van der Waals surface area contributed by atoms with Crippen molar-refractivity contribution in [1.29, 1.82) is 0 Å². The smallest absolute Gasteiger partial charge is 0.412 e. The van der Waals surface area contributed by atoms with Crippen LogP contribution in [0.5, 0.6) is 0 Å². The maximum absolute atomic E-state index is 13.2. The molecule has 7 nitrogen and oxygen atoms in total. The number of pyridine rings is 1. The lowest BCUT2D eigenvalue weighted by Crippen LogP contribution is -2.35. The molecular formula is C18H22N4O3S. The summed E-state index contributed by atoms with van der Waals surface area (Å²) in [5.41, 5.74) is 0.584. The number of thiazole rings is 1. The van der Waals surface area contributed by atoms with Crippen molar-refractivity contribution >= 4 is 34.2 Å². The Kier molecular flexibility index (Phi) is 4.95. The summed E-state index contributed by atoms with van der Waals surface area (Å²) in [7, 11) is 0. The topological polar surface area (TPSA) is 84.4 Å². The number of nitrogens with one attached hydrogen (secondary N) is 1. The first-order valence-electron chi connectivity index (χ1n) is 8.45. The van der Waals surface area contributed by atoms with E-state index < -0.39 is 11.7 Å². The molecule has 138 valence electrons. The fourth-order valence-electron chi connectivity index (χ4n) is 2.42. The van der Waals surface area contributed by atoms with Crippen molar-refractivity contribution in [1.82, 2.24) is 9.97 Å². The van der Waals surface area contributed by atoms with Crippen molar-refractivity contribution in [2.24, 2.45) is 0 Å². The number of rotatable bonds is 4. The highest BCUT2D eigenvalue weighted by Crippen LogP contribution is 2.34. The molecule has 2 aromatic heterocycles. The second-order valence-corrected chi connectivity index (χ2v) is 8.07. The van der Waals surface area contributed by atoms with Gasteiger partial charge in [-0.25, -0.2) is 14.8 Å². The van der Waals surface area contributed by atoms with Gasteiger partial charge in [-0.2, -0.15) is 0 Å².